The van der Waals surface area contributed by atoms with Crippen LogP contribution in [0.5, 0.6) is 0 Å². The normalized spacial score (nSPS) is 12.0. The van der Waals surface area contributed by atoms with Crippen LogP contribution in [0.15, 0.2) is 23.1 Å². The van der Waals surface area contributed by atoms with Crippen molar-refractivity contribution in [3.63, 3.8) is 0 Å². The van der Waals surface area contributed by atoms with Crippen LogP contribution in [0.2, 0.25) is 5.02 Å². The standard InChI is InChI=1S/C8H11ClN2O2S/c1-11(2)14(12,13)8-5-6(10)3-4-7(8)9/h3-5H,10H2,1-2H3. The van der Waals surface area contributed by atoms with Crippen molar-refractivity contribution in [3.8, 4) is 0 Å². The zero-order valence-electron chi connectivity index (χ0n) is 7.86. The van der Waals surface area contributed by atoms with E-state index in [9.17, 15) is 8.42 Å². The maximum atomic E-state index is 11.7. The average molecular weight is 235 g/mol. The SMILES string of the molecule is CN(C)S(=O)(=O)c1cc(N)ccc1Cl. The van der Waals surface area contributed by atoms with Gasteiger partial charge in [0.05, 0.1) is 5.02 Å². The van der Waals surface area contributed by atoms with Crippen LogP contribution in [-0.4, -0.2) is 26.8 Å². The van der Waals surface area contributed by atoms with Gasteiger partial charge in [0.25, 0.3) is 0 Å². The molecule has 0 aromatic heterocycles. The molecule has 0 saturated heterocycles. The molecule has 0 radical (unpaired) electrons. The lowest BCUT2D eigenvalue weighted by Crippen LogP contribution is -2.22. The first-order valence-corrected chi connectivity index (χ1v) is 5.65. The van der Waals surface area contributed by atoms with Gasteiger partial charge < -0.3 is 5.73 Å². The topological polar surface area (TPSA) is 63.4 Å². The van der Waals surface area contributed by atoms with Gasteiger partial charge in [0.15, 0.2) is 0 Å². The lowest BCUT2D eigenvalue weighted by atomic mass is 10.3. The second-order valence-corrected chi connectivity index (χ2v) is 5.50. The number of nitrogens with zero attached hydrogens (tertiary/aromatic N) is 1. The van der Waals surface area contributed by atoms with Gasteiger partial charge in [-0.25, -0.2) is 12.7 Å². The van der Waals surface area contributed by atoms with Crippen LogP contribution in [0.1, 0.15) is 0 Å². The highest BCUT2D eigenvalue weighted by Crippen LogP contribution is 2.25. The fourth-order valence-electron chi connectivity index (χ4n) is 0.914. The summed E-state index contributed by atoms with van der Waals surface area (Å²) >= 11 is 5.76. The van der Waals surface area contributed by atoms with E-state index < -0.39 is 10.0 Å². The van der Waals surface area contributed by atoms with Crippen LogP contribution in [0, 0.1) is 0 Å². The van der Waals surface area contributed by atoms with Gasteiger partial charge in [-0.05, 0) is 18.2 Å². The molecular weight excluding hydrogens is 224 g/mol. The summed E-state index contributed by atoms with van der Waals surface area (Å²) in [7, 11) is -0.630. The third kappa shape index (κ3) is 2.00. The predicted molar refractivity (Wildman–Crippen MR) is 56.7 cm³/mol. The van der Waals surface area contributed by atoms with E-state index in [0.717, 1.165) is 4.31 Å². The number of sulfonamides is 1. The molecule has 4 nitrogen and oxygen atoms in total. The van der Waals surface area contributed by atoms with Gasteiger partial charge in [-0.15, -0.1) is 0 Å². The molecule has 1 aromatic rings. The lowest BCUT2D eigenvalue weighted by Gasteiger charge is -2.12. The van der Waals surface area contributed by atoms with E-state index in [1.165, 1.54) is 26.2 Å². The maximum absolute atomic E-state index is 11.7. The molecule has 0 unspecified atom stereocenters. The summed E-state index contributed by atoms with van der Waals surface area (Å²) in [6, 6.07) is 4.36. The highest BCUT2D eigenvalue weighted by atomic mass is 35.5. The fourth-order valence-corrected chi connectivity index (χ4v) is 2.32. The van der Waals surface area contributed by atoms with Crippen LogP contribution < -0.4 is 5.73 Å². The minimum atomic E-state index is -3.51. The molecule has 14 heavy (non-hydrogen) atoms. The van der Waals surface area contributed by atoms with Gasteiger partial charge in [-0.3, -0.25) is 0 Å². The van der Waals surface area contributed by atoms with Crippen molar-refractivity contribution < 1.29 is 8.42 Å². The molecule has 0 atom stereocenters. The van der Waals surface area contributed by atoms with Crippen molar-refractivity contribution in [2.75, 3.05) is 19.8 Å². The van der Waals surface area contributed by atoms with Gasteiger partial charge >= 0.3 is 0 Å². The van der Waals surface area contributed by atoms with Crippen LogP contribution in [0.25, 0.3) is 0 Å². The average Bonchev–Trinajstić information content (AvgIpc) is 2.08. The van der Waals surface area contributed by atoms with E-state index in [4.69, 9.17) is 17.3 Å². The van der Waals surface area contributed by atoms with Crippen LogP contribution >= 0.6 is 11.6 Å². The highest BCUT2D eigenvalue weighted by Gasteiger charge is 2.20. The van der Waals surface area contributed by atoms with E-state index in [-0.39, 0.29) is 9.92 Å². The summed E-state index contributed by atoms with van der Waals surface area (Å²) in [5, 5.41) is 0.174. The van der Waals surface area contributed by atoms with Crippen molar-refractivity contribution in [2.45, 2.75) is 4.90 Å². The van der Waals surface area contributed by atoms with Crippen LogP contribution in [0.3, 0.4) is 0 Å². The number of anilines is 1. The summed E-state index contributed by atoms with van der Waals surface area (Å²) in [6.45, 7) is 0. The predicted octanol–water partition coefficient (Wildman–Crippen LogP) is 1.17. The summed E-state index contributed by atoms with van der Waals surface area (Å²) in [5.74, 6) is 0. The largest absolute Gasteiger partial charge is 0.399 e. The molecule has 0 aliphatic carbocycles. The van der Waals surface area contributed by atoms with E-state index in [0.29, 0.717) is 5.69 Å². The molecule has 1 aromatic carbocycles. The molecule has 0 bridgehead atoms. The smallest absolute Gasteiger partial charge is 0.244 e. The zero-order chi connectivity index (χ0) is 10.9. The molecule has 78 valence electrons. The Bertz CT molecular complexity index is 443. The molecule has 1 rings (SSSR count). The number of hydrogen-bond acceptors (Lipinski definition) is 3. The van der Waals surface area contributed by atoms with Gasteiger partial charge in [0, 0.05) is 19.8 Å². The molecule has 0 saturated carbocycles. The van der Waals surface area contributed by atoms with Gasteiger partial charge in [0.2, 0.25) is 10.0 Å². The van der Waals surface area contributed by atoms with E-state index in [1.54, 1.807) is 6.07 Å². The van der Waals surface area contributed by atoms with E-state index in [1.807, 2.05) is 0 Å². The number of nitrogens with two attached hydrogens (primary N) is 1. The molecule has 0 spiro atoms. The van der Waals surface area contributed by atoms with Crippen LogP contribution in [0.4, 0.5) is 5.69 Å². The minimum Gasteiger partial charge on any atom is -0.399 e. The molecule has 0 aliphatic heterocycles. The van der Waals surface area contributed by atoms with Gasteiger partial charge in [-0.2, -0.15) is 0 Å². The van der Waals surface area contributed by atoms with Gasteiger partial charge in [0.1, 0.15) is 4.90 Å². The molecule has 6 heteroatoms. The molecule has 0 amide bonds. The van der Waals surface area contributed by atoms with Crippen LogP contribution in [-0.2, 0) is 10.0 Å². The van der Waals surface area contributed by atoms with Crippen molar-refractivity contribution in [1.82, 2.24) is 4.31 Å². The summed E-state index contributed by atoms with van der Waals surface area (Å²) in [5.41, 5.74) is 5.85. The summed E-state index contributed by atoms with van der Waals surface area (Å²) in [6.07, 6.45) is 0. The fraction of sp³-hybridized carbons (Fsp3) is 0.250. The Labute approximate surface area is 88.3 Å². The summed E-state index contributed by atoms with van der Waals surface area (Å²) in [4.78, 5) is 0.0316. The quantitative estimate of drug-likeness (QED) is 0.782. The monoisotopic (exact) mass is 234 g/mol. The Balaban J connectivity index is 3.40. The highest BCUT2D eigenvalue weighted by molar-refractivity contribution is 7.89. The number of hydrogen-bond donors (Lipinski definition) is 1. The lowest BCUT2D eigenvalue weighted by molar-refractivity contribution is 0.521. The zero-order valence-corrected chi connectivity index (χ0v) is 9.43. The Hall–Kier alpha value is -0.780. The molecule has 2 N–H and O–H groups in total. The molecule has 0 fully saturated rings. The number of halogens is 1. The third-order valence-electron chi connectivity index (χ3n) is 1.71. The van der Waals surface area contributed by atoms with E-state index >= 15 is 0 Å². The first-order chi connectivity index (χ1) is 6.35. The summed E-state index contributed by atoms with van der Waals surface area (Å²) < 4.78 is 24.5. The maximum Gasteiger partial charge on any atom is 0.244 e. The molecule has 0 aliphatic rings. The van der Waals surface area contributed by atoms with Crippen molar-refractivity contribution >= 4 is 27.3 Å². The second kappa shape index (κ2) is 3.76. The third-order valence-corrected chi connectivity index (χ3v) is 4.01. The second-order valence-electron chi connectivity index (χ2n) is 2.98. The number of benzene rings is 1. The van der Waals surface area contributed by atoms with Gasteiger partial charge in [-0.1, -0.05) is 11.6 Å². The Morgan fingerprint density at radius 2 is 1.93 bits per heavy atom. The van der Waals surface area contributed by atoms with Crippen molar-refractivity contribution in [1.29, 1.82) is 0 Å². The Kier molecular flexibility index (Phi) is 3.04. The number of rotatable bonds is 2. The Morgan fingerprint density at radius 3 is 2.43 bits per heavy atom. The molecule has 0 heterocycles. The first kappa shape index (κ1) is 11.3. The minimum absolute atomic E-state index is 0.0316. The van der Waals surface area contributed by atoms with Crippen molar-refractivity contribution in [3.05, 3.63) is 23.2 Å². The molecular formula is C8H11ClN2O2S. The van der Waals surface area contributed by atoms with Crippen molar-refractivity contribution in [2.24, 2.45) is 0 Å². The number of nitrogen functional groups attached to an aromatic ring is 1. The Morgan fingerprint density at radius 1 is 1.36 bits per heavy atom. The van der Waals surface area contributed by atoms with E-state index in [2.05, 4.69) is 0 Å². The first-order valence-electron chi connectivity index (χ1n) is 3.83.